The molecule has 0 spiro atoms. The molecule has 1 aliphatic rings. The first-order valence-corrected chi connectivity index (χ1v) is 6.66. The Morgan fingerprint density at radius 1 is 1.28 bits per heavy atom. The number of ether oxygens (including phenoxy) is 1. The molecular weight excluding hydrogens is 226 g/mol. The molecule has 1 aliphatic carbocycles. The summed E-state index contributed by atoms with van der Waals surface area (Å²) in [6.45, 7) is 2.00. The fourth-order valence-corrected chi connectivity index (χ4v) is 2.46. The van der Waals surface area contributed by atoms with E-state index < -0.39 is 0 Å². The average Bonchev–Trinajstić information content (AvgIpc) is 2.42. The number of hydrogen-bond acceptors (Lipinski definition) is 2. The van der Waals surface area contributed by atoms with E-state index in [0.717, 1.165) is 29.8 Å². The van der Waals surface area contributed by atoms with Gasteiger partial charge in [-0.1, -0.05) is 25.3 Å². The van der Waals surface area contributed by atoms with Gasteiger partial charge in [0, 0.05) is 17.7 Å². The van der Waals surface area contributed by atoms with E-state index in [-0.39, 0.29) is 11.8 Å². The van der Waals surface area contributed by atoms with E-state index in [0.29, 0.717) is 0 Å². The molecule has 1 N–H and O–H groups in total. The summed E-state index contributed by atoms with van der Waals surface area (Å²) in [6.07, 6.45) is 5.66. The Balaban J connectivity index is 2.05. The highest BCUT2D eigenvalue weighted by molar-refractivity contribution is 5.93. The van der Waals surface area contributed by atoms with E-state index in [2.05, 4.69) is 5.32 Å². The quantitative estimate of drug-likeness (QED) is 0.887. The summed E-state index contributed by atoms with van der Waals surface area (Å²) in [5, 5.41) is 3.04. The van der Waals surface area contributed by atoms with Gasteiger partial charge in [0.05, 0.1) is 7.11 Å². The lowest BCUT2D eigenvalue weighted by Crippen LogP contribution is -2.25. The van der Waals surface area contributed by atoms with Gasteiger partial charge in [-0.25, -0.2) is 0 Å². The van der Waals surface area contributed by atoms with Crippen LogP contribution in [0.5, 0.6) is 5.75 Å². The van der Waals surface area contributed by atoms with Crippen molar-refractivity contribution < 1.29 is 9.53 Å². The van der Waals surface area contributed by atoms with Crippen molar-refractivity contribution in [2.45, 2.75) is 39.0 Å². The van der Waals surface area contributed by atoms with Crippen molar-refractivity contribution in [3.05, 3.63) is 23.8 Å². The number of aryl methyl sites for hydroxylation is 1. The van der Waals surface area contributed by atoms with Gasteiger partial charge in [-0.2, -0.15) is 0 Å². The van der Waals surface area contributed by atoms with Crippen molar-refractivity contribution in [2.75, 3.05) is 12.4 Å². The van der Waals surface area contributed by atoms with Crippen LogP contribution >= 0.6 is 0 Å². The maximum absolute atomic E-state index is 12.2. The fraction of sp³-hybridized carbons (Fsp3) is 0.533. The third-order valence-electron chi connectivity index (χ3n) is 3.68. The zero-order valence-electron chi connectivity index (χ0n) is 11.2. The van der Waals surface area contributed by atoms with Crippen LogP contribution in [0.2, 0.25) is 0 Å². The van der Waals surface area contributed by atoms with Gasteiger partial charge in [0.25, 0.3) is 0 Å². The van der Waals surface area contributed by atoms with Gasteiger partial charge in [-0.3, -0.25) is 4.79 Å². The van der Waals surface area contributed by atoms with Gasteiger partial charge in [0.2, 0.25) is 5.91 Å². The van der Waals surface area contributed by atoms with Gasteiger partial charge in [0.1, 0.15) is 5.75 Å². The second kappa shape index (κ2) is 5.89. The minimum Gasteiger partial charge on any atom is -0.497 e. The standard InChI is InChI=1S/C15H21NO2/c1-11-8-9-13(18-2)10-14(11)16-15(17)12-6-4-3-5-7-12/h8-10,12H,3-7H2,1-2H3,(H,16,17). The molecule has 3 heteroatoms. The molecule has 1 fully saturated rings. The molecule has 0 aromatic heterocycles. The summed E-state index contributed by atoms with van der Waals surface area (Å²) in [5.74, 6) is 1.12. The summed E-state index contributed by atoms with van der Waals surface area (Å²) in [5.41, 5.74) is 1.94. The Labute approximate surface area is 109 Å². The SMILES string of the molecule is COc1ccc(C)c(NC(=O)C2CCCCC2)c1. The monoisotopic (exact) mass is 247 g/mol. The first kappa shape index (κ1) is 12.9. The van der Waals surface area contributed by atoms with Gasteiger partial charge in [0.15, 0.2) is 0 Å². The molecular formula is C15H21NO2. The molecule has 1 amide bonds. The van der Waals surface area contributed by atoms with Crippen LogP contribution in [-0.2, 0) is 4.79 Å². The lowest BCUT2D eigenvalue weighted by atomic mass is 9.88. The Kier molecular flexibility index (Phi) is 4.24. The number of amides is 1. The summed E-state index contributed by atoms with van der Waals surface area (Å²) in [7, 11) is 1.64. The molecule has 0 aliphatic heterocycles. The topological polar surface area (TPSA) is 38.3 Å². The molecule has 2 rings (SSSR count). The largest absolute Gasteiger partial charge is 0.497 e. The highest BCUT2D eigenvalue weighted by Crippen LogP contribution is 2.27. The van der Waals surface area contributed by atoms with Gasteiger partial charge in [-0.05, 0) is 31.4 Å². The van der Waals surface area contributed by atoms with E-state index in [1.54, 1.807) is 7.11 Å². The zero-order chi connectivity index (χ0) is 13.0. The second-order valence-electron chi connectivity index (χ2n) is 5.01. The number of carbonyl (C=O) groups excluding carboxylic acids is 1. The Bertz CT molecular complexity index is 423. The smallest absolute Gasteiger partial charge is 0.227 e. The number of benzene rings is 1. The molecule has 0 atom stereocenters. The molecule has 1 aromatic rings. The lowest BCUT2D eigenvalue weighted by molar-refractivity contribution is -0.120. The predicted octanol–water partition coefficient (Wildman–Crippen LogP) is 3.52. The minimum atomic E-state index is 0.158. The van der Waals surface area contributed by atoms with Crippen molar-refractivity contribution >= 4 is 11.6 Å². The first-order valence-electron chi connectivity index (χ1n) is 6.66. The molecule has 18 heavy (non-hydrogen) atoms. The Hall–Kier alpha value is -1.51. The molecule has 0 heterocycles. The van der Waals surface area contributed by atoms with E-state index in [1.807, 2.05) is 25.1 Å². The molecule has 1 saturated carbocycles. The first-order chi connectivity index (χ1) is 8.70. The van der Waals surface area contributed by atoms with E-state index in [4.69, 9.17) is 4.74 Å². The second-order valence-corrected chi connectivity index (χ2v) is 5.01. The Morgan fingerprint density at radius 2 is 2.00 bits per heavy atom. The molecule has 0 bridgehead atoms. The molecule has 98 valence electrons. The number of nitrogens with one attached hydrogen (secondary N) is 1. The van der Waals surface area contributed by atoms with Crippen molar-refractivity contribution in [3.63, 3.8) is 0 Å². The number of carbonyl (C=O) groups is 1. The van der Waals surface area contributed by atoms with Crippen LogP contribution in [0.25, 0.3) is 0 Å². The summed E-state index contributed by atoms with van der Waals surface area (Å²) in [4.78, 5) is 12.2. The third kappa shape index (κ3) is 3.03. The number of methoxy groups -OCH3 is 1. The highest BCUT2D eigenvalue weighted by atomic mass is 16.5. The molecule has 1 aromatic carbocycles. The zero-order valence-corrected chi connectivity index (χ0v) is 11.2. The third-order valence-corrected chi connectivity index (χ3v) is 3.68. The van der Waals surface area contributed by atoms with Crippen LogP contribution < -0.4 is 10.1 Å². The van der Waals surface area contributed by atoms with Crippen molar-refractivity contribution in [1.29, 1.82) is 0 Å². The van der Waals surface area contributed by atoms with E-state index in [1.165, 1.54) is 19.3 Å². The maximum Gasteiger partial charge on any atom is 0.227 e. The van der Waals surface area contributed by atoms with Gasteiger partial charge >= 0.3 is 0 Å². The lowest BCUT2D eigenvalue weighted by Gasteiger charge is -2.21. The summed E-state index contributed by atoms with van der Waals surface area (Å²) in [6, 6.07) is 5.76. The van der Waals surface area contributed by atoms with Gasteiger partial charge in [-0.15, -0.1) is 0 Å². The van der Waals surface area contributed by atoms with Crippen LogP contribution in [0.15, 0.2) is 18.2 Å². The maximum atomic E-state index is 12.2. The highest BCUT2D eigenvalue weighted by Gasteiger charge is 2.21. The summed E-state index contributed by atoms with van der Waals surface area (Å²) >= 11 is 0. The van der Waals surface area contributed by atoms with E-state index in [9.17, 15) is 4.79 Å². The van der Waals surface area contributed by atoms with Crippen LogP contribution in [0.1, 0.15) is 37.7 Å². The number of rotatable bonds is 3. The van der Waals surface area contributed by atoms with Crippen molar-refractivity contribution in [2.24, 2.45) is 5.92 Å². The molecule has 0 unspecified atom stereocenters. The minimum absolute atomic E-state index is 0.158. The molecule has 0 radical (unpaired) electrons. The fourth-order valence-electron chi connectivity index (χ4n) is 2.46. The van der Waals surface area contributed by atoms with Crippen LogP contribution in [0.4, 0.5) is 5.69 Å². The van der Waals surface area contributed by atoms with E-state index >= 15 is 0 Å². The summed E-state index contributed by atoms with van der Waals surface area (Å²) < 4.78 is 5.19. The van der Waals surface area contributed by atoms with Crippen molar-refractivity contribution in [1.82, 2.24) is 0 Å². The Morgan fingerprint density at radius 3 is 2.67 bits per heavy atom. The van der Waals surface area contributed by atoms with Crippen LogP contribution in [0, 0.1) is 12.8 Å². The molecule has 3 nitrogen and oxygen atoms in total. The van der Waals surface area contributed by atoms with Gasteiger partial charge < -0.3 is 10.1 Å². The number of anilines is 1. The number of hydrogen-bond donors (Lipinski definition) is 1. The van der Waals surface area contributed by atoms with Crippen LogP contribution in [0.3, 0.4) is 0 Å². The average molecular weight is 247 g/mol. The normalized spacial score (nSPS) is 16.3. The predicted molar refractivity (Wildman–Crippen MR) is 72.9 cm³/mol. The molecule has 0 saturated heterocycles. The van der Waals surface area contributed by atoms with Crippen molar-refractivity contribution in [3.8, 4) is 5.75 Å². The van der Waals surface area contributed by atoms with Crippen LogP contribution in [-0.4, -0.2) is 13.0 Å².